The molecule has 0 fully saturated rings. The zero-order valence-corrected chi connectivity index (χ0v) is 55.3. The van der Waals surface area contributed by atoms with Crippen molar-refractivity contribution in [3.63, 3.8) is 0 Å². The standard InChI is InChI=1S/C26H14N2S5.C14H10O2S3.C12H8S3.C6H5NS.CH3F.Cl3OP/c1-28-20(22-5-3-13-30-22)15-19-7-9-24(32-19)26-11-10-25(33-26)23-8-6-18(31-23)14-17(16-27)21-4-2-12-29-21;1-16-14-7-6-13(19-14)12-5-4-11(18-12)10-3-2-9(8-15)17-10;1-3-9(13-7-1)11-5-6-12(15-11)10-4-2-8-14-10;7-4-3-6-2-1-5-8-6;1-2;1-5(2,3)4/h2-15H;2-8H,1H3;1-8H;1-2,5H,3H2;1H3;/b17-14+,20-15-;;;;;/i;;;;1D;. The van der Waals surface area contributed by atoms with Crippen molar-refractivity contribution in [3.05, 3.63) is 213 Å². The molecule has 0 saturated heterocycles. The second-order valence-electron chi connectivity index (χ2n) is 15.6. The molecule has 0 amide bonds. The third kappa shape index (κ3) is 19.7. The first-order valence-electron chi connectivity index (χ1n) is 24.0. The number of alkyl halides is 1. The van der Waals surface area contributed by atoms with E-state index in [1.807, 2.05) is 94.2 Å². The van der Waals surface area contributed by atoms with E-state index in [0.717, 1.165) is 45.5 Å². The fourth-order valence-electron chi connectivity index (χ4n) is 6.82. The second kappa shape index (κ2) is 33.4. The highest BCUT2D eigenvalue weighted by Crippen LogP contribution is 2.61. The molecule has 0 bridgehead atoms. The molecule has 0 aromatic carbocycles. The maximum Gasteiger partial charge on any atom is 0.339 e. The lowest BCUT2D eigenvalue weighted by molar-refractivity contribution is 0.112. The molecule has 6 nitrogen and oxygen atoms in total. The van der Waals surface area contributed by atoms with Crippen molar-refractivity contribution in [2.24, 2.45) is 0 Å². The molecule has 12 rings (SSSR count). The zero-order chi connectivity index (χ0) is 59.0. The van der Waals surface area contributed by atoms with Crippen LogP contribution in [-0.4, -0.2) is 20.5 Å². The number of aldehydes is 1. The number of nitriles is 2. The number of methoxy groups -OCH3 is 1. The molecule has 12 heterocycles. The predicted molar refractivity (Wildman–Crippen MR) is 367 cm³/mol. The number of rotatable bonds is 13. The number of carbonyl (C=O) groups is 1. The summed E-state index contributed by atoms with van der Waals surface area (Å²) in [6.07, 6.45) is 5.39. The van der Waals surface area contributed by atoms with Gasteiger partial charge in [0, 0.05) is 82.9 Å². The lowest BCUT2D eigenvalue weighted by atomic mass is 10.2. The van der Waals surface area contributed by atoms with Crippen LogP contribution < -0.4 is 4.74 Å². The Morgan fingerprint density at radius 2 is 0.951 bits per heavy atom. The molecule has 23 heteroatoms. The van der Waals surface area contributed by atoms with Crippen molar-refractivity contribution in [3.8, 4) is 75.7 Å². The monoisotopic (exact) mass is 1380 g/mol. The first-order valence-corrected chi connectivity index (χ1v) is 37.8. The van der Waals surface area contributed by atoms with Crippen molar-refractivity contribution in [1.29, 1.82) is 10.5 Å². The van der Waals surface area contributed by atoms with Crippen LogP contribution >= 0.6 is 175 Å². The highest BCUT2D eigenvalue weighted by molar-refractivity contribution is 8.24. The molecule has 0 spiro atoms. The van der Waals surface area contributed by atoms with Gasteiger partial charge in [-0.3, -0.25) is 13.8 Å². The van der Waals surface area contributed by atoms with Crippen LogP contribution in [0.1, 0.15) is 35.4 Å². The largest absolute Gasteiger partial charge is 0.487 e. The van der Waals surface area contributed by atoms with Gasteiger partial charge in [-0.25, -0.2) is 4.85 Å². The Morgan fingerprint density at radius 3 is 1.34 bits per heavy atom. The van der Waals surface area contributed by atoms with E-state index in [9.17, 15) is 19.0 Å². The van der Waals surface area contributed by atoms with Crippen LogP contribution in [0.2, 0.25) is 0 Å². The van der Waals surface area contributed by atoms with Crippen LogP contribution in [-0.2, 0) is 11.0 Å². The van der Waals surface area contributed by atoms with E-state index in [1.165, 1.54) is 65.0 Å². The van der Waals surface area contributed by atoms with E-state index in [2.05, 4.69) is 152 Å². The van der Waals surface area contributed by atoms with Crippen LogP contribution in [0.5, 0.6) is 5.06 Å². The number of hydrogen-bond acceptors (Lipinski definition) is 17. The molecule has 0 N–H and O–H groups in total. The van der Waals surface area contributed by atoms with Gasteiger partial charge in [-0.05, 0) is 182 Å². The van der Waals surface area contributed by atoms with E-state index in [0.29, 0.717) is 17.7 Å². The summed E-state index contributed by atoms with van der Waals surface area (Å²) in [7, 11) is 0.683. The summed E-state index contributed by atoms with van der Waals surface area (Å²) in [4.78, 5) is 35.6. The van der Waals surface area contributed by atoms with Crippen LogP contribution in [0.25, 0.3) is 86.8 Å². The Balaban J connectivity index is 0.000000167. The lowest BCUT2D eigenvalue weighted by Gasteiger charge is -1.93. The van der Waals surface area contributed by atoms with Crippen LogP contribution in [0.4, 0.5) is 4.39 Å². The number of allylic oxidation sites excluding steroid dienone is 1. The van der Waals surface area contributed by atoms with Crippen LogP contribution in [0, 0.1) is 29.2 Å². The topological polar surface area (TPSA) is 95.3 Å². The quantitative estimate of drug-likeness (QED) is 0.0496. The van der Waals surface area contributed by atoms with Gasteiger partial charge < -0.3 is 4.74 Å². The summed E-state index contributed by atoms with van der Waals surface area (Å²) in [5.74, 6) is 0. The Bertz CT molecular complexity index is 3930. The maximum absolute atomic E-state index is 10.7. The molecule has 0 aliphatic heterocycles. The zero-order valence-electron chi connectivity index (χ0n) is 43.3. The number of halogens is 4. The van der Waals surface area contributed by atoms with E-state index >= 15 is 0 Å². The number of nitrogens with zero attached hydrogens (tertiary/aromatic N) is 3. The van der Waals surface area contributed by atoms with Gasteiger partial charge in [0.1, 0.15) is 6.07 Å². The molecule has 82 heavy (non-hydrogen) atoms. The van der Waals surface area contributed by atoms with Crippen molar-refractivity contribution in [2.45, 2.75) is 6.42 Å². The maximum atomic E-state index is 10.7. The average Bonchev–Trinajstić information content (AvgIpc) is 4.45. The molecule has 12 aromatic rings. The molecule has 0 unspecified atom stereocenters. The fourth-order valence-corrected chi connectivity index (χ4v) is 17.4. The lowest BCUT2D eigenvalue weighted by Crippen LogP contribution is -1.73. The van der Waals surface area contributed by atoms with Gasteiger partial charge in [0.15, 0.2) is 11.3 Å². The molecule has 0 aliphatic carbocycles. The predicted octanol–water partition coefficient (Wildman–Crippen LogP) is 25.3. The van der Waals surface area contributed by atoms with E-state index in [4.69, 9.17) is 17.9 Å². The molecule has 12 aromatic heterocycles. The van der Waals surface area contributed by atoms with Gasteiger partial charge in [-0.1, -0.05) is 47.7 Å². The minimum atomic E-state index is -3.22. The van der Waals surface area contributed by atoms with E-state index < -0.39 is 12.4 Å². The normalized spacial score (nSPS) is 11.0. The summed E-state index contributed by atoms with van der Waals surface area (Å²) in [6, 6.07) is 54.1. The Kier molecular flexibility index (Phi) is 25.6. The molecular weight excluding hydrogens is 1340 g/mol. The second-order valence-corrected chi connectivity index (χ2v) is 34.7. The number of ether oxygens (including phenoxy) is 1. The van der Waals surface area contributed by atoms with Crippen molar-refractivity contribution < 1.29 is 19.9 Å². The van der Waals surface area contributed by atoms with Crippen molar-refractivity contribution >= 4 is 205 Å². The molecular formula is C59H40Cl3FN3O3PS12. The molecule has 0 radical (unpaired) electrons. The molecule has 0 aliphatic rings. The number of thiophene rings is 12. The highest BCUT2D eigenvalue weighted by atomic mass is 36.0. The van der Waals surface area contributed by atoms with Crippen molar-refractivity contribution in [1.82, 2.24) is 0 Å². The van der Waals surface area contributed by atoms with Gasteiger partial charge in [0.2, 0.25) is 5.70 Å². The summed E-state index contributed by atoms with van der Waals surface area (Å²) in [5.41, 5.74) is 1.38. The minimum Gasteiger partial charge on any atom is -0.487 e. The third-order valence-corrected chi connectivity index (χ3v) is 23.3. The van der Waals surface area contributed by atoms with Gasteiger partial charge in [0.25, 0.3) is 0 Å². The van der Waals surface area contributed by atoms with E-state index in [1.54, 1.807) is 120 Å². The van der Waals surface area contributed by atoms with Crippen LogP contribution in [0.3, 0.4) is 0 Å². The highest BCUT2D eigenvalue weighted by Gasteiger charge is 2.13. The first kappa shape index (κ1) is 62.9. The Labute approximate surface area is 538 Å². The summed E-state index contributed by atoms with van der Waals surface area (Å²) >= 11 is 34.2. The van der Waals surface area contributed by atoms with Gasteiger partial charge in [-0.15, -0.1) is 113 Å². The first-order chi connectivity index (χ1) is 40.3. The minimum absolute atomic E-state index is 0.553. The van der Waals surface area contributed by atoms with Gasteiger partial charge in [-0.2, -0.15) is 21.9 Å². The van der Waals surface area contributed by atoms with Gasteiger partial charge >= 0.3 is 5.20 Å². The SMILES string of the molecule is COc1ccc(-c2ccc(-c3ccc(C=O)s3)s2)s1.N#CCc1cccs1.O=P(Cl)(Cl)Cl.[2H]CF.[C-]#[N+]/C(=C\c1ccc(-c2ccc(-c3ccc(/C=C(\C#N)c4cccs4)s3)s2)s1)c1cccs1.c1csc(-c2ccc(-c3cccs3)s2)c1. The summed E-state index contributed by atoms with van der Waals surface area (Å²) < 4.78 is 30.2. The molecule has 0 atom stereocenters. The van der Waals surface area contributed by atoms with E-state index in [-0.39, 0.29) is 0 Å². The number of hydrogen-bond donors (Lipinski definition) is 0. The number of carbonyl (C=O) groups excluding carboxylic acids is 1. The van der Waals surface area contributed by atoms with Crippen LogP contribution in [0.15, 0.2) is 172 Å². The summed E-state index contributed by atoms with van der Waals surface area (Å²) in [5, 5.41) is 25.6. The fraction of sp³-hybridized carbons (Fsp3) is 0.0508. The van der Waals surface area contributed by atoms with Crippen molar-refractivity contribution in [2.75, 3.05) is 14.3 Å². The Morgan fingerprint density at radius 1 is 0.561 bits per heavy atom. The van der Waals surface area contributed by atoms with Gasteiger partial charge in [0.05, 0.1) is 45.1 Å². The third-order valence-electron chi connectivity index (χ3n) is 10.3. The summed E-state index contributed by atoms with van der Waals surface area (Å²) in [6.45, 7) is 7.50. The average molecular weight is 1380 g/mol. The smallest absolute Gasteiger partial charge is 0.339 e. The molecule has 0 saturated carbocycles. The Hall–Kier alpha value is -5.15. The molecule has 414 valence electrons.